The summed E-state index contributed by atoms with van der Waals surface area (Å²) in [6.45, 7) is 0.648. The lowest BCUT2D eigenvalue weighted by molar-refractivity contribution is -0.134. The van der Waals surface area contributed by atoms with E-state index in [1.54, 1.807) is 0 Å². The average molecular weight is 183 g/mol. The molecule has 0 radical (unpaired) electrons. The van der Waals surface area contributed by atoms with Gasteiger partial charge >= 0.3 is 0 Å². The van der Waals surface area contributed by atoms with Crippen LogP contribution in [-0.2, 0) is 14.3 Å². The van der Waals surface area contributed by atoms with Crippen LogP contribution in [0.25, 0.3) is 0 Å². The zero-order valence-corrected chi connectivity index (χ0v) is 7.41. The van der Waals surface area contributed by atoms with E-state index >= 15 is 0 Å². The summed E-state index contributed by atoms with van der Waals surface area (Å²) < 4.78 is 5.35. The Labute approximate surface area is 76.6 Å². The van der Waals surface area contributed by atoms with Gasteiger partial charge in [-0.1, -0.05) is 0 Å². The van der Waals surface area contributed by atoms with Crippen LogP contribution in [0.2, 0.25) is 0 Å². The first-order valence-electron chi connectivity index (χ1n) is 4.71. The van der Waals surface area contributed by atoms with Crippen LogP contribution in [0.15, 0.2) is 0 Å². The summed E-state index contributed by atoms with van der Waals surface area (Å²) in [5, 5.41) is 2.73. The highest BCUT2D eigenvalue weighted by molar-refractivity contribution is 5.89. The van der Waals surface area contributed by atoms with E-state index in [9.17, 15) is 9.59 Å². The molecule has 0 aromatic heterocycles. The van der Waals surface area contributed by atoms with Gasteiger partial charge in [0, 0.05) is 19.4 Å². The zero-order chi connectivity index (χ0) is 9.26. The fourth-order valence-corrected chi connectivity index (χ4v) is 1.91. The maximum absolute atomic E-state index is 11.5. The SMILES string of the molecule is O=C1CCC(=O)[C@H]2CCCO[C@H]2N1. The fourth-order valence-electron chi connectivity index (χ4n) is 1.91. The number of ketones is 1. The molecule has 2 saturated heterocycles. The number of amides is 1. The highest BCUT2D eigenvalue weighted by Gasteiger charge is 2.35. The van der Waals surface area contributed by atoms with Crippen molar-refractivity contribution in [1.82, 2.24) is 5.32 Å². The highest BCUT2D eigenvalue weighted by atomic mass is 16.5. The van der Waals surface area contributed by atoms with E-state index in [0.717, 1.165) is 12.8 Å². The normalized spacial score (nSPS) is 34.8. The fraction of sp³-hybridized carbons (Fsp3) is 0.778. The molecule has 0 aromatic carbocycles. The number of carbonyl (C=O) groups is 2. The van der Waals surface area contributed by atoms with Crippen LogP contribution in [-0.4, -0.2) is 24.5 Å². The number of fused-ring (bicyclic) bond motifs is 1. The Morgan fingerprint density at radius 2 is 2.15 bits per heavy atom. The van der Waals surface area contributed by atoms with E-state index < -0.39 is 0 Å². The number of Topliss-reactive ketones (excluding diaryl/α,β-unsaturated/α-hetero) is 1. The first kappa shape index (κ1) is 8.69. The van der Waals surface area contributed by atoms with Crippen LogP contribution in [0.3, 0.4) is 0 Å². The molecule has 0 bridgehead atoms. The van der Waals surface area contributed by atoms with Crippen molar-refractivity contribution in [1.29, 1.82) is 0 Å². The van der Waals surface area contributed by atoms with Gasteiger partial charge in [0.15, 0.2) is 0 Å². The molecule has 1 N–H and O–H groups in total. The Morgan fingerprint density at radius 1 is 1.31 bits per heavy atom. The molecule has 4 nitrogen and oxygen atoms in total. The monoisotopic (exact) mass is 183 g/mol. The van der Waals surface area contributed by atoms with Crippen LogP contribution in [0.1, 0.15) is 25.7 Å². The predicted octanol–water partition coefficient (Wildman–Crippen LogP) is 0.218. The van der Waals surface area contributed by atoms with E-state index in [2.05, 4.69) is 5.32 Å². The van der Waals surface area contributed by atoms with Crippen molar-refractivity contribution < 1.29 is 14.3 Å². The second-order valence-electron chi connectivity index (χ2n) is 3.57. The minimum Gasteiger partial charge on any atom is -0.358 e. The predicted molar refractivity (Wildman–Crippen MR) is 44.8 cm³/mol. The smallest absolute Gasteiger partial charge is 0.222 e. The van der Waals surface area contributed by atoms with Crippen LogP contribution in [0.4, 0.5) is 0 Å². The number of nitrogens with one attached hydrogen (secondary N) is 1. The van der Waals surface area contributed by atoms with Gasteiger partial charge in [-0.15, -0.1) is 0 Å². The Morgan fingerprint density at radius 3 is 3.00 bits per heavy atom. The van der Waals surface area contributed by atoms with E-state index in [0.29, 0.717) is 19.4 Å². The van der Waals surface area contributed by atoms with Gasteiger partial charge in [-0.2, -0.15) is 0 Å². The number of carbonyl (C=O) groups excluding carboxylic acids is 2. The maximum Gasteiger partial charge on any atom is 0.222 e. The minimum atomic E-state index is -0.351. The molecule has 0 spiro atoms. The van der Waals surface area contributed by atoms with Gasteiger partial charge in [-0.3, -0.25) is 9.59 Å². The lowest BCUT2D eigenvalue weighted by Crippen LogP contribution is -2.44. The summed E-state index contributed by atoms with van der Waals surface area (Å²) >= 11 is 0. The number of hydrogen-bond donors (Lipinski definition) is 1. The summed E-state index contributed by atoms with van der Waals surface area (Å²) in [4.78, 5) is 22.7. The van der Waals surface area contributed by atoms with Gasteiger partial charge < -0.3 is 10.1 Å². The molecule has 2 aliphatic heterocycles. The molecule has 72 valence electrons. The van der Waals surface area contributed by atoms with Crippen LogP contribution < -0.4 is 5.32 Å². The summed E-state index contributed by atoms with van der Waals surface area (Å²) in [6.07, 6.45) is 2.11. The topological polar surface area (TPSA) is 55.4 Å². The van der Waals surface area contributed by atoms with Crippen molar-refractivity contribution >= 4 is 11.7 Å². The molecule has 0 unspecified atom stereocenters. The molecule has 4 heteroatoms. The van der Waals surface area contributed by atoms with Gasteiger partial charge in [0.1, 0.15) is 12.0 Å². The van der Waals surface area contributed by atoms with Crippen molar-refractivity contribution in [3.05, 3.63) is 0 Å². The summed E-state index contributed by atoms with van der Waals surface area (Å²) in [5.74, 6) is 0.00556. The van der Waals surface area contributed by atoms with Gasteiger partial charge in [-0.05, 0) is 12.8 Å². The molecule has 13 heavy (non-hydrogen) atoms. The van der Waals surface area contributed by atoms with Crippen LogP contribution in [0, 0.1) is 5.92 Å². The quantitative estimate of drug-likeness (QED) is 0.584. The number of rotatable bonds is 0. The summed E-state index contributed by atoms with van der Waals surface area (Å²) in [5.41, 5.74) is 0. The lowest BCUT2D eigenvalue weighted by atomic mass is 9.93. The molecule has 2 fully saturated rings. The molecular formula is C9H13NO3. The largest absolute Gasteiger partial charge is 0.358 e. The van der Waals surface area contributed by atoms with Crippen molar-refractivity contribution in [2.24, 2.45) is 5.92 Å². The van der Waals surface area contributed by atoms with E-state index in [-0.39, 0.29) is 23.8 Å². The van der Waals surface area contributed by atoms with Crippen molar-refractivity contribution in [2.45, 2.75) is 31.9 Å². The molecular weight excluding hydrogens is 170 g/mol. The average Bonchev–Trinajstić information content (AvgIpc) is 2.27. The third-order valence-corrected chi connectivity index (χ3v) is 2.64. The van der Waals surface area contributed by atoms with E-state index in [1.807, 2.05) is 0 Å². The molecule has 2 rings (SSSR count). The Balaban J connectivity index is 2.13. The van der Waals surface area contributed by atoms with Crippen molar-refractivity contribution in [2.75, 3.05) is 6.61 Å². The standard InChI is InChI=1S/C9H13NO3/c11-7-3-4-8(12)10-9-6(7)2-1-5-13-9/h6,9H,1-5H2,(H,10,12)/t6-,9-/m1/s1. The Bertz CT molecular complexity index is 239. The Hall–Kier alpha value is -0.900. The molecule has 2 atom stereocenters. The molecule has 0 aromatic rings. The third-order valence-electron chi connectivity index (χ3n) is 2.64. The summed E-state index contributed by atoms with van der Waals surface area (Å²) in [6, 6.07) is 0. The second-order valence-corrected chi connectivity index (χ2v) is 3.57. The van der Waals surface area contributed by atoms with Crippen LogP contribution in [0.5, 0.6) is 0 Å². The van der Waals surface area contributed by atoms with Crippen LogP contribution >= 0.6 is 0 Å². The number of ether oxygens (including phenoxy) is 1. The number of hydrogen-bond acceptors (Lipinski definition) is 3. The highest BCUT2D eigenvalue weighted by Crippen LogP contribution is 2.23. The van der Waals surface area contributed by atoms with Gasteiger partial charge in [0.25, 0.3) is 0 Å². The first-order valence-corrected chi connectivity index (χ1v) is 4.71. The molecule has 2 heterocycles. The molecule has 2 aliphatic rings. The van der Waals surface area contributed by atoms with Crippen molar-refractivity contribution in [3.8, 4) is 0 Å². The summed E-state index contributed by atoms with van der Waals surface area (Å²) in [7, 11) is 0. The molecule has 0 aliphatic carbocycles. The van der Waals surface area contributed by atoms with Crippen molar-refractivity contribution in [3.63, 3.8) is 0 Å². The lowest BCUT2D eigenvalue weighted by Gasteiger charge is -2.29. The van der Waals surface area contributed by atoms with E-state index in [4.69, 9.17) is 4.74 Å². The first-order chi connectivity index (χ1) is 6.27. The van der Waals surface area contributed by atoms with Gasteiger partial charge in [-0.25, -0.2) is 0 Å². The Kier molecular flexibility index (Phi) is 2.31. The van der Waals surface area contributed by atoms with Gasteiger partial charge in [0.2, 0.25) is 5.91 Å². The molecule has 1 amide bonds. The van der Waals surface area contributed by atoms with E-state index in [1.165, 1.54) is 0 Å². The maximum atomic E-state index is 11.5. The zero-order valence-electron chi connectivity index (χ0n) is 7.41. The second kappa shape index (κ2) is 3.46. The third kappa shape index (κ3) is 1.72. The molecule has 0 saturated carbocycles. The minimum absolute atomic E-state index is 0.0669. The van der Waals surface area contributed by atoms with Gasteiger partial charge in [0.05, 0.1) is 5.92 Å².